The molecule has 0 aliphatic carbocycles. The second-order valence-electron chi connectivity index (χ2n) is 14.4. The van der Waals surface area contributed by atoms with Crippen molar-refractivity contribution in [3.63, 3.8) is 0 Å². The Labute approximate surface area is 276 Å². The monoisotopic (exact) mass is 626 g/mol. The van der Waals surface area contributed by atoms with Gasteiger partial charge in [0.05, 0.1) is 5.92 Å². The summed E-state index contributed by atoms with van der Waals surface area (Å²) >= 11 is 0. The Balaban J connectivity index is 1.80. The standard InChI is InChI=1S/C40H54N2O4/c1-9-10-14-34(38(45)46-40(5,6)7)27-33(36(43)42-35(37(44)41-8)39(2,3)4)22-19-28-17-20-30(21-18-28)32-25-23-31(24-26-32)29-15-12-11-13-16-29/h11-13,15-18,20-21,23-26,33-35H,9-10,14,19,22,27H2,1-8H3,(H,41,44)(H,42,43)/t33-,34+,35-/m1/s1. The summed E-state index contributed by atoms with van der Waals surface area (Å²) in [6.07, 6.45) is 4.06. The zero-order valence-corrected chi connectivity index (χ0v) is 29.1. The third-order valence-electron chi connectivity index (χ3n) is 8.31. The van der Waals surface area contributed by atoms with E-state index in [0.29, 0.717) is 25.7 Å². The largest absolute Gasteiger partial charge is 0.460 e. The van der Waals surface area contributed by atoms with Gasteiger partial charge in [-0.1, -0.05) is 119 Å². The molecule has 0 saturated heterocycles. The molecule has 0 unspecified atom stereocenters. The number of esters is 1. The van der Waals surface area contributed by atoms with Gasteiger partial charge in [-0.2, -0.15) is 0 Å². The molecule has 3 aromatic carbocycles. The van der Waals surface area contributed by atoms with Gasteiger partial charge >= 0.3 is 5.97 Å². The van der Waals surface area contributed by atoms with Gasteiger partial charge in [-0.05, 0) is 79.7 Å². The van der Waals surface area contributed by atoms with Crippen molar-refractivity contribution in [2.24, 2.45) is 17.3 Å². The number of carbonyl (C=O) groups is 3. The van der Waals surface area contributed by atoms with Crippen LogP contribution in [0.15, 0.2) is 78.9 Å². The summed E-state index contributed by atoms with van der Waals surface area (Å²) in [6.45, 7) is 13.5. The van der Waals surface area contributed by atoms with Crippen LogP contribution in [0.1, 0.15) is 86.1 Å². The molecule has 6 nitrogen and oxygen atoms in total. The quantitative estimate of drug-likeness (QED) is 0.176. The van der Waals surface area contributed by atoms with E-state index >= 15 is 0 Å². The van der Waals surface area contributed by atoms with Crippen molar-refractivity contribution in [2.75, 3.05) is 7.05 Å². The van der Waals surface area contributed by atoms with Gasteiger partial charge in [0.25, 0.3) is 0 Å². The highest BCUT2D eigenvalue weighted by atomic mass is 16.6. The molecule has 248 valence electrons. The second-order valence-corrected chi connectivity index (χ2v) is 14.4. The average Bonchev–Trinajstić information content (AvgIpc) is 3.02. The van der Waals surface area contributed by atoms with E-state index in [1.54, 1.807) is 7.05 Å². The number of hydrogen-bond acceptors (Lipinski definition) is 4. The molecule has 0 heterocycles. The molecule has 3 rings (SSSR count). The number of nitrogens with one attached hydrogen (secondary N) is 2. The van der Waals surface area contributed by atoms with Crippen molar-refractivity contribution < 1.29 is 19.1 Å². The zero-order valence-electron chi connectivity index (χ0n) is 29.1. The number of likely N-dealkylation sites (N-methyl/N-ethyl adjacent to an activating group) is 1. The first-order valence-corrected chi connectivity index (χ1v) is 16.7. The van der Waals surface area contributed by atoms with Gasteiger partial charge < -0.3 is 15.4 Å². The maximum Gasteiger partial charge on any atom is 0.309 e. The molecule has 0 bridgehead atoms. The molecule has 2 amide bonds. The molecule has 0 spiro atoms. The highest BCUT2D eigenvalue weighted by molar-refractivity contribution is 5.89. The van der Waals surface area contributed by atoms with Gasteiger partial charge in [0, 0.05) is 13.0 Å². The summed E-state index contributed by atoms with van der Waals surface area (Å²) in [5.74, 6) is -1.57. The molecule has 0 fully saturated rings. The van der Waals surface area contributed by atoms with Crippen LogP contribution in [0.3, 0.4) is 0 Å². The van der Waals surface area contributed by atoms with Crippen LogP contribution in [0.25, 0.3) is 22.3 Å². The average molecular weight is 627 g/mol. The van der Waals surface area contributed by atoms with Crippen molar-refractivity contribution in [1.82, 2.24) is 10.6 Å². The van der Waals surface area contributed by atoms with Gasteiger partial charge in [0.2, 0.25) is 11.8 Å². The third-order valence-corrected chi connectivity index (χ3v) is 8.31. The Morgan fingerprint density at radius 3 is 1.70 bits per heavy atom. The normalized spacial score (nSPS) is 13.7. The van der Waals surface area contributed by atoms with Gasteiger partial charge in [-0.25, -0.2) is 0 Å². The molecule has 0 radical (unpaired) electrons. The highest BCUT2D eigenvalue weighted by Gasteiger charge is 2.36. The first kappa shape index (κ1) is 36.5. The minimum Gasteiger partial charge on any atom is -0.460 e. The number of benzene rings is 3. The van der Waals surface area contributed by atoms with E-state index in [9.17, 15) is 14.4 Å². The van der Waals surface area contributed by atoms with Crippen molar-refractivity contribution in [3.8, 4) is 22.3 Å². The van der Waals surface area contributed by atoms with E-state index in [-0.39, 0.29) is 17.8 Å². The SMILES string of the molecule is CCCC[C@@H](C[C@@H](CCc1ccc(-c2ccc(-c3ccccc3)cc2)cc1)C(=O)N[C@H](C(=O)NC)C(C)(C)C)C(=O)OC(C)(C)C. The van der Waals surface area contributed by atoms with Crippen molar-refractivity contribution >= 4 is 17.8 Å². The molecule has 0 aromatic heterocycles. The zero-order chi connectivity index (χ0) is 33.9. The lowest BCUT2D eigenvalue weighted by Crippen LogP contribution is -2.54. The van der Waals surface area contributed by atoms with Crippen LogP contribution in [0.5, 0.6) is 0 Å². The number of unbranched alkanes of at least 4 members (excludes halogenated alkanes) is 1. The van der Waals surface area contributed by atoms with Crippen molar-refractivity contribution in [2.45, 2.75) is 98.6 Å². The summed E-state index contributed by atoms with van der Waals surface area (Å²) in [7, 11) is 1.58. The molecular formula is C40H54N2O4. The van der Waals surface area contributed by atoms with E-state index in [1.807, 2.05) is 59.7 Å². The van der Waals surface area contributed by atoms with Crippen LogP contribution in [-0.2, 0) is 25.5 Å². The Bertz CT molecular complexity index is 1400. The summed E-state index contributed by atoms with van der Waals surface area (Å²) in [6, 6.07) is 26.7. The fraction of sp³-hybridized carbons (Fsp3) is 0.475. The third kappa shape index (κ3) is 11.1. The van der Waals surface area contributed by atoms with E-state index in [2.05, 4.69) is 78.2 Å². The first-order chi connectivity index (χ1) is 21.7. The van der Waals surface area contributed by atoms with E-state index < -0.39 is 28.9 Å². The Kier molecular flexibility index (Phi) is 13.2. The van der Waals surface area contributed by atoms with E-state index in [0.717, 1.165) is 29.5 Å². The van der Waals surface area contributed by atoms with Crippen LogP contribution in [0.4, 0.5) is 0 Å². The molecule has 6 heteroatoms. The summed E-state index contributed by atoms with van der Waals surface area (Å²) in [4.78, 5) is 39.9. The van der Waals surface area contributed by atoms with Gasteiger partial charge in [-0.3, -0.25) is 14.4 Å². The number of amides is 2. The second kappa shape index (κ2) is 16.6. The van der Waals surface area contributed by atoms with Crippen LogP contribution >= 0.6 is 0 Å². The maximum absolute atomic E-state index is 13.9. The highest BCUT2D eigenvalue weighted by Crippen LogP contribution is 2.29. The van der Waals surface area contributed by atoms with Crippen LogP contribution in [0.2, 0.25) is 0 Å². The number of ether oxygens (including phenoxy) is 1. The predicted octanol–water partition coefficient (Wildman–Crippen LogP) is 8.38. The summed E-state index contributed by atoms with van der Waals surface area (Å²) < 4.78 is 5.78. The number of rotatable bonds is 14. The first-order valence-electron chi connectivity index (χ1n) is 16.7. The minimum atomic E-state index is -0.698. The fourth-order valence-corrected chi connectivity index (χ4v) is 5.64. The number of aryl methyl sites for hydroxylation is 1. The number of carbonyl (C=O) groups excluding carboxylic acids is 3. The molecule has 0 aliphatic rings. The molecule has 0 saturated carbocycles. The minimum absolute atomic E-state index is 0.205. The topological polar surface area (TPSA) is 84.5 Å². The Morgan fingerprint density at radius 1 is 0.696 bits per heavy atom. The van der Waals surface area contributed by atoms with E-state index in [1.165, 1.54) is 11.1 Å². The lowest BCUT2D eigenvalue weighted by molar-refractivity contribution is -0.161. The van der Waals surface area contributed by atoms with Crippen LogP contribution < -0.4 is 10.6 Å². The van der Waals surface area contributed by atoms with Gasteiger partial charge in [-0.15, -0.1) is 0 Å². The van der Waals surface area contributed by atoms with Crippen molar-refractivity contribution in [3.05, 3.63) is 84.4 Å². The fourth-order valence-electron chi connectivity index (χ4n) is 5.64. The molecule has 0 aliphatic heterocycles. The lowest BCUT2D eigenvalue weighted by Gasteiger charge is -2.32. The van der Waals surface area contributed by atoms with E-state index in [4.69, 9.17) is 4.74 Å². The van der Waals surface area contributed by atoms with Crippen LogP contribution in [0, 0.1) is 17.3 Å². The Hall–Kier alpha value is -3.93. The van der Waals surface area contributed by atoms with Crippen molar-refractivity contribution in [1.29, 1.82) is 0 Å². The molecule has 3 aromatic rings. The molecule has 3 atom stereocenters. The smallest absolute Gasteiger partial charge is 0.309 e. The molecule has 2 N–H and O–H groups in total. The van der Waals surface area contributed by atoms with Gasteiger partial charge in [0.15, 0.2) is 0 Å². The Morgan fingerprint density at radius 2 is 1.22 bits per heavy atom. The molecule has 46 heavy (non-hydrogen) atoms. The van der Waals surface area contributed by atoms with Gasteiger partial charge in [0.1, 0.15) is 11.6 Å². The molecular weight excluding hydrogens is 572 g/mol. The maximum atomic E-state index is 13.9. The lowest BCUT2D eigenvalue weighted by atomic mass is 9.83. The number of hydrogen-bond donors (Lipinski definition) is 2. The summed E-state index contributed by atoms with van der Waals surface area (Å²) in [5, 5.41) is 5.73. The predicted molar refractivity (Wildman–Crippen MR) is 188 cm³/mol. The van der Waals surface area contributed by atoms with Crippen LogP contribution in [-0.4, -0.2) is 36.5 Å². The summed E-state index contributed by atoms with van der Waals surface area (Å²) in [5.41, 5.74) is 4.66.